The van der Waals surface area contributed by atoms with Crippen molar-refractivity contribution in [1.29, 1.82) is 0 Å². The van der Waals surface area contributed by atoms with E-state index in [0.717, 1.165) is 5.57 Å². The van der Waals surface area contributed by atoms with Crippen LogP contribution in [-0.4, -0.2) is 86.3 Å². The van der Waals surface area contributed by atoms with Gasteiger partial charge in [0.1, 0.15) is 6.10 Å². The summed E-state index contributed by atoms with van der Waals surface area (Å²) in [5.74, 6) is -1.31. The average Bonchev–Trinajstić information content (AvgIpc) is 2.65. The molecule has 0 saturated heterocycles. The predicted octanol–water partition coefficient (Wildman–Crippen LogP) is 1.79. The van der Waals surface area contributed by atoms with Crippen LogP contribution in [0.1, 0.15) is 59.3 Å². The standard InChI is InChI=1S/C23H36O7.Na.H/c1-4-13(2)23(29)30-20-11-17(25)9-15-6-5-14(3)19(22(15)20)8-7-16(24)10-18(26)12-21(27)28;;/h5-6,9,13-14,16-20,22,24-26H,4,7-8,10-12H2,1-3H3,(H,27,28);;/t13-,14-,16+,17+,18+,19-,20-,22-;;/m0../s1. The number of aliphatic hydroxyl groups excluding tert-OH is 3. The zero-order valence-corrected chi connectivity index (χ0v) is 18.1. The van der Waals surface area contributed by atoms with Crippen LogP contribution in [0.15, 0.2) is 23.8 Å². The third kappa shape index (κ3) is 8.30. The van der Waals surface area contributed by atoms with E-state index in [9.17, 15) is 24.9 Å². The Bertz CT molecular complexity index is 662. The summed E-state index contributed by atoms with van der Waals surface area (Å²) < 4.78 is 5.84. The summed E-state index contributed by atoms with van der Waals surface area (Å²) in [5, 5.41) is 39.1. The minimum absolute atomic E-state index is 0. The fourth-order valence-corrected chi connectivity index (χ4v) is 4.52. The minimum atomic E-state index is -1.10. The van der Waals surface area contributed by atoms with Crippen molar-refractivity contribution in [1.82, 2.24) is 0 Å². The van der Waals surface area contributed by atoms with Crippen molar-refractivity contribution in [3.63, 3.8) is 0 Å². The Morgan fingerprint density at radius 2 is 1.94 bits per heavy atom. The molecule has 8 heteroatoms. The van der Waals surface area contributed by atoms with Crippen LogP contribution in [0.2, 0.25) is 0 Å². The number of hydrogen-bond acceptors (Lipinski definition) is 6. The van der Waals surface area contributed by atoms with Gasteiger partial charge in [0.05, 0.1) is 30.7 Å². The predicted molar refractivity (Wildman–Crippen MR) is 119 cm³/mol. The van der Waals surface area contributed by atoms with Gasteiger partial charge in [0, 0.05) is 12.3 Å². The van der Waals surface area contributed by atoms with Crippen molar-refractivity contribution in [2.45, 2.75) is 83.7 Å². The molecule has 0 aromatic heterocycles. The van der Waals surface area contributed by atoms with Crippen LogP contribution in [0.3, 0.4) is 0 Å². The van der Waals surface area contributed by atoms with Gasteiger partial charge < -0.3 is 25.2 Å². The van der Waals surface area contributed by atoms with Crippen LogP contribution in [0, 0.1) is 23.7 Å². The van der Waals surface area contributed by atoms with E-state index in [1.165, 1.54) is 0 Å². The molecule has 0 unspecified atom stereocenters. The van der Waals surface area contributed by atoms with E-state index in [1.54, 1.807) is 0 Å². The van der Waals surface area contributed by atoms with Crippen molar-refractivity contribution >= 4 is 41.5 Å². The number of aliphatic carboxylic acids is 1. The van der Waals surface area contributed by atoms with Crippen LogP contribution in [0.5, 0.6) is 0 Å². The van der Waals surface area contributed by atoms with E-state index < -0.39 is 30.4 Å². The summed E-state index contributed by atoms with van der Waals surface area (Å²) in [6.07, 6.45) is 4.64. The molecule has 0 aromatic carbocycles. The van der Waals surface area contributed by atoms with Gasteiger partial charge in [-0.3, -0.25) is 9.59 Å². The fourth-order valence-electron chi connectivity index (χ4n) is 4.52. The second kappa shape index (κ2) is 13.1. The number of rotatable bonds is 10. The number of ether oxygens (including phenoxy) is 1. The van der Waals surface area contributed by atoms with Crippen molar-refractivity contribution in [3.8, 4) is 0 Å². The van der Waals surface area contributed by atoms with Crippen LogP contribution in [-0.2, 0) is 14.3 Å². The Morgan fingerprint density at radius 3 is 2.55 bits per heavy atom. The molecule has 2 aliphatic carbocycles. The molecule has 0 aliphatic heterocycles. The molecule has 0 bridgehead atoms. The zero-order chi connectivity index (χ0) is 22.4. The van der Waals surface area contributed by atoms with Gasteiger partial charge >= 0.3 is 41.5 Å². The summed E-state index contributed by atoms with van der Waals surface area (Å²) in [6, 6.07) is 0. The normalized spacial score (nSPS) is 30.3. The van der Waals surface area contributed by atoms with Gasteiger partial charge in [-0.15, -0.1) is 0 Å². The Balaban J connectivity index is 0.00000480. The van der Waals surface area contributed by atoms with Crippen molar-refractivity contribution in [2.24, 2.45) is 23.7 Å². The summed E-state index contributed by atoms with van der Waals surface area (Å²) in [5.41, 5.74) is 0.958. The Morgan fingerprint density at radius 1 is 1.26 bits per heavy atom. The third-order valence-electron chi connectivity index (χ3n) is 6.44. The van der Waals surface area contributed by atoms with Crippen molar-refractivity contribution < 1.29 is 34.8 Å². The number of fused-ring (bicyclic) bond motifs is 1. The maximum atomic E-state index is 12.4. The van der Waals surface area contributed by atoms with Gasteiger partial charge in [-0.1, -0.05) is 39.0 Å². The second-order valence-corrected chi connectivity index (χ2v) is 8.88. The monoisotopic (exact) mass is 448 g/mol. The Hall–Kier alpha value is -0.700. The fraction of sp³-hybridized carbons (Fsp3) is 0.739. The Labute approximate surface area is 206 Å². The topological polar surface area (TPSA) is 124 Å². The number of hydrogen-bond donors (Lipinski definition) is 4. The van der Waals surface area contributed by atoms with E-state index >= 15 is 0 Å². The number of carbonyl (C=O) groups excluding carboxylic acids is 1. The number of esters is 1. The van der Waals surface area contributed by atoms with Crippen molar-refractivity contribution in [3.05, 3.63) is 23.8 Å². The number of carboxylic acids is 1. The molecule has 7 nitrogen and oxygen atoms in total. The summed E-state index contributed by atoms with van der Waals surface area (Å²) >= 11 is 0. The van der Waals surface area contributed by atoms with Crippen LogP contribution < -0.4 is 0 Å². The maximum absolute atomic E-state index is 12.4. The number of aliphatic hydroxyl groups is 3. The molecule has 0 radical (unpaired) electrons. The zero-order valence-electron chi connectivity index (χ0n) is 18.1. The number of carboxylic acid groups (broad SMARTS) is 1. The molecule has 0 saturated carbocycles. The molecule has 4 N–H and O–H groups in total. The summed E-state index contributed by atoms with van der Waals surface area (Å²) in [6.45, 7) is 5.85. The Kier molecular flexibility index (Phi) is 12.0. The molecule has 0 aromatic rings. The summed E-state index contributed by atoms with van der Waals surface area (Å²) in [4.78, 5) is 23.1. The van der Waals surface area contributed by atoms with E-state index in [-0.39, 0.29) is 72.0 Å². The van der Waals surface area contributed by atoms with Gasteiger partial charge in [-0.2, -0.15) is 0 Å². The molecule has 0 heterocycles. The quantitative estimate of drug-likeness (QED) is 0.297. The first kappa shape index (κ1) is 28.3. The molecular formula is C23H37NaO7. The van der Waals surface area contributed by atoms with E-state index in [2.05, 4.69) is 13.0 Å². The van der Waals surface area contributed by atoms with Gasteiger partial charge in [-0.25, -0.2) is 0 Å². The number of allylic oxidation sites excluding steroid dienone is 2. The van der Waals surface area contributed by atoms with Gasteiger partial charge in [-0.05, 0) is 43.1 Å². The molecule has 2 rings (SSSR count). The van der Waals surface area contributed by atoms with Crippen LogP contribution in [0.4, 0.5) is 0 Å². The first-order valence-corrected chi connectivity index (χ1v) is 11.0. The molecule has 8 atom stereocenters. The van der Waals surface area contributed by atoms with Gasteiger partial charge in [0.25, 0.3) is 0 Å². The molecule has 172 valence electrons. The van der Waals surface area contributed by atoms with E-state index in [4.69, 9.17) is 9.84 Å². The molecule has 0 amide bonds. The van der Waals surface area contributed by atoms with Crippen molar-refractivity contribution in [2.75, 3.05) is 0 Å². The molecule has 0 fully saturated rings. The van der Waals surface area contributed by atoms with Crippen LogP contribution >= 0.6 is 0 Å². The van der Waals surface area contributed by atoms with Gasteiger partial charge in [0.2, 0.25) is 0 Å². The average molecular weight is 449 g/mol. The molecule has 0 spiro atoms. The second-order valence-electron chi connectivity index (χ2n) is 8.88. The van der Waals surface area contributed by atoms with Gasteiger partial charge in [0.15, 0.2) is 0 Å². The number of carbonyl (C=O) groups is 2. The molecular weight excluding hydrogens is 411 g/mol. The summed E-state index contributed by atoms with van der Waals surface area (Å²) in [7, 11) is 0. The van der Waals surface area contributed by atoms with Crippen LogP contribution in [0.25, 0.3) is 0 Å². The molecule has 2 aliphatic rings. The first-order valence-electron chi connectivity index (χ1n) is 11.0. The third-order valence-corrected chi connectivity index (χ3v) is 6.44. The van der Waals surface area contributed by atoms with E-state index in [0.29, 0.717) is 25.7 Å². The van der Waals surface area contributed by atoms with E-state index in [1.807, 2.05) is 26.0 Å². The SMILES string of the molecule is CC[C@H](C)C(=O)O[C@H]1C[C@H](O)C=C2C=C[C@H](C)[C@H](CC[C@@H](O)C[C@@H](O)CC(=O)O)[C@H]21.[NaH]. The first-order chi connectivity index (χ1) is 14.1. The molecule has 31 heavy (non-hydrogen) atoms.